The lowest BCUT2D eigenvalue weighted by Gasteiger charge is -2.06. The van der Waals surface area contributed by atoms with Crippen molar-refractivity contribution in [1.29, 1.82) is 0 Å². The van der Waals surface area contributed by atoms with Crippen molar-refractivity contribution in [2.24, 2.45) is 0 Å². The molecule has 5 nitrogen and oxygen atoms in total. The summed E-state index contributed by atoms with van der Waals surface area (Å²) in [6.45, 7) is 3.99. The summed E-state index contributed by atoms with van der Waals surface area (Å²) in [6, 6.07) is 5.78. The van der Waals surface area contributed by atoms with Gasteiger partial charge < -0.3 is 15.5 Å². The molecule has 0 fully saturated rings. The fourth-order valence-electron chi connectivity index (χ4n) is 1.96. The number of aromatic hydroxyl groups is 1. The summed E-state index contributed by atoms with van der Waals surface area (Å²) < 4.78 is 0. The fourth-order valence-corrected chi connectivity index (χ4v) is 2.97. The average molecular weight is 305 g/mol. The Morgan fingerprint density at radius 2 is 2.00 bits per heavy atom. The van der Waals surface area contributed by atoms with Crippen LogP contribution in [0.1, 0.15) is 37.4 Å². The number of hydrogen-bond acceptors (Lipinski definition) is 4. The van der Waals surface area contributed by atoms with Gasteiger partial charge in [-0.3, -0.25) is 4.79 Å². The summed E-state index contributed by atoms with van der Waals surface area (Å²) in [5.41, 5.74) is 1.21. The summed E-state index contributed by atoms with van der Waals surface area (Å²) in [5, 5.41) is 21.0. The van der Waals surface area contributed by atoms with E-state index in [2.05, 4.69) is 5.32 Å². The minimum Gasteiger partial charge on any atom is -0.507 e. The smallest absolute Gasteiger partial charge is 0.339 e. The Morgan fingerprint density at radius 1 is 1.29 bits per heavy atom. The van der Waals surface area contributed by atoms with Crippen LogP contribution in [0.15, 0.2) is 24.3 Å². The van der Waals surface area contributed by atoms with Crippen molar-refractivity contribution in [1.82, 2.24) is 0 Å². The molecule has 1 aromatic carbocycles. The highest BCUT2D eigenvalue weighted by Crippen LogP contribution is 2.25. The van der Waals surface area contributed by atoms with E-state index in [9.17, 15) is 14.7 Å². The van der Waals surface area contributed by atoms with Gasteiger partial charge in [0, 0.05) is 10.6 Å². The quantitative estimate of drug-likeness (QED) is 0.757. The molecule has 110 valence electrons. The molecule has 0 atom stereocenters. The maximum atomic E-state index is 12.2. The molecule has 0 spiro atoms. The van der Waals surface area contributed by atoms with Gasteiger partial charge in [-0.2, -0.15) is 0 Å². The number of benzene rings is 1. The van der Waals surface area contributed by atoms with Gasteiger partial charge in [-0.1, -0.05) is 6.92 Å². The zero-order valence-electron chi connectivity index (χ0n) is 11.6. The molecular weight excluding hydrogens is 290 g/mol. The lowest BCUT2D eigenvalue weighted by molar-refractivity contribution is 0.0693. The molecule has 0 aliphatic carbocycles. The predicted octanol–water partition coefficient (Wildman–Crippen LogP) is 3.28. The Hall–Kier alpha value is -2.34. The van der Waals surface area contributed by atoms with Crippen LogP contribution in [-0.4, -0.2) is 22.1 Å². The van der Waals surface area contributed by atoms with Gasteiger partial charge in [0.25, 0.3) is 5.91 Å². The molecule has 2 aromatic rings. The normalized spacial score (nSPS) is 10.4. The zero-order valence-corrected chi connectivity index (χ0v) is 12.5. The van der Waals surface area contributed by atoms with Gasteiger partial charge in [0.1, 0.15) is 11.3 Å². The van der Waals surface area contributed by atoms with E-state index in [0.717, 1.165) is 16.9 Å². The second-order valence-electron chi connectivity index (χ2n) is 4.54. The number of rotatable bonds is 4. The van der Waals surface area contributed by atoms with E-state index in [1.54, 1.807) is 0 Å². The molecule has 0 aliphatic heterocycles. The summed E-state index contributed by atoms with van der Waals surface area (Å²) >= 11 is 1.40. The van der Waals surface area contributed by atoms with E-state index in [1.807, 2.05) is 19.9 Å². The van der Waals surface area contributed by atoms with Gasteiger partial charge >= 0.3 is 5.97 Å². The predicted molar refractivity (Wildman–Crippen MR) is 81.5 cm³/mol. The third kappa shape index (κ3) is 3.22. The summed E-state index contributed by atoms with van der Waals surface area (Å²) in [6.07, 6.45) is 0.859. The zero-order chi connectivity index (χ0) is 15.6. The molecule has 0 aliphatic rings. The highest BCUT2D eigenvalue weighted by molar-refractivity contribution is 7.14. The monoisotopic (exact) mass is 305 g/mol. The molecule has 6 heteroatoms. The number of thiophene rings is 1. The molecule has 0 unspecified atom stereocenters. The number of phenols is 1. The SMILES string of the molecule is CCc1cc(C(=O)Nc2ccc(O)c(C(=O)O)c2)sc1C. The van der Waals surface area contributed by atoms with Gasteiger partial charge in [-0.15, -0.1) is 11.3 Å². The van der Waals surface area contributed by atoms with Crippen LogP contribution in [0.5, 0.6) is 5.75 Å². The summed E-state index contributed by atoms with van der Waals surface area (Å²) in [7, 11) is 0. The second-order valence-corrected chi connectivity index (χ2v) is 5.79. The van der Waals surface area contributed by atoms with Crippen LogP contribution in [0, 0.1) is 6.92 Å². The lowest BCUT2D eigenvalue weighted by atomic mass is 10.1. The minimum absolute atomic E-state index is 0.246. The van der Waals surface area contributed by atoms with Crippen LogP contribution in [0.3, 0.4) is 0 Å². The Labute approximate surface area is 125 Å². The Morgan fingerprint density at radius 3 is 2.57 bits per heavy atom. The molecule has 1 amide bonds. The number of aromatic carboxylic acids is 1. The lowest BCUT2D eigenvalue weighted by Crippen LogP contribution is -2.11. The van der Waals surface area contributed by atoms with Gasteiger partial charge in [0.15, 0.2) is 0 Å². The Bertz CT molecular complexity index is 706. The van der Waals surface area contributed by atoms with Gasteiger partial charge in [0.2, 0.25) is 0 Å². The van der Waals surface area contributed by atoms with Crippen LogP contribution in [0.2, 0.25) is 0 Å². The first-order chi connectivity index (χ1) is 9.92. The van der Waals surface area contributed by atoms with E-state index < -0.39 is 5.97 Å². The molecule has 0 bridgehead atoms. The van der Waals surface area contributed by atoms with E-state index in [0.29, 0.717) is 10.6 Å². The van der Waals surface area contributed by atoms with Crippen molar-refractivity contribution < 1.29 is 19.8 Å². The van der Waals surface area contributed by atoms with Gasteiger partial charge in [-0.05, 0) is 43.2 Å². The van der Waals surface area contributed by atoms with Crippen LogP contribution in [0.4, 0.5) is 5.69 Å². The standard InChI is InChI=1S/C15H15NO4S/c1-3-9-6-13(21-8(9)2)14(18)16-10-4-5-12(17)11(7-10)15(19)20/h4-7,17H,3H2,1-2H3,(H,16,18)(H,19,20). The Kier molecular flexibility index (Phi) is 4.28. The van der Waals surface area contributed by atoms with Crippen molar-refractivity contribution in [2.45, 2.75) is 20.3 Å². The Balaban J connectivity index is 2.23. The number of carboxylic acid groups (broad SMARTS) is 1. The third-order valence-electron chi connectivity index (χ3n) is 3.11. The van der Waals surface area contributed by atoms with E-state index in [4.69, 9.17) is 5.11 Å². The molecule has 21 heavy (non-hydrogen) atoms. The van der Waals surface area contributed by atoms with Gasteiger partial charge in [0.05, 0.1) is 4.88 Å². The maximum absolute atomic E-state index is 12.2. The number of carbonyl (C=O) groups is 2. The number of nitrogens with one attached hydrogen (secondary N) is 1. The molecule has 0 radical (unpaired) electrons. The summed E-state index contributed by atoms with van der Waals surface area (Å²) in [5.74, 6) is -1.87. The minimum atomic E-state index is -1.25. The first-order valence-electron chi connectivity index (χ1n) is 6.39. The molecule has 2 rings (SSSR count). The molecule has 3 N–H and O–H groups in total. The molecule has 0 saturated heterocycles. The maximum Gasteiger partial charge on any atom is 0.339 e. The third-order valence-corrected chi connectivity index (χ3v) is 4.20. The number of aryl methyl sites for hydroxylation is 2. The second kappa shape index (κ2) is 5.97. The highest BCUT2D eigenvalue weighted by Gasteiger charge is 2.14. The molecule has 0 saturated carbocycles. The molecule has 1 heterocycles. The van der Waals surface area contributed by atoms with E-state index in [1.165, 1.54) is 29.5 Å². The summed E-state index contributed by atoms with van der Waals surface area (Å²) in [4.78, 5) is 24.8. The van der Waals surface area contributed by atoms with Crippen LogP contribution in [0.25, 0.3) is 0 Å². The van der Waals surface area contributed by atoms with Crippen LogP contribution < -0.4 is 5.32 Å². The van der Waals surface area contributed by atoms with Crippen molar-refractivity contribution in [3.63, 3.8) is 0 Å². The van der Waals surface area contributed by atoms with Crippen molar-refractivity contribution >= 4 is 28.9 Å². The van der Waals surface area contributed by atoms with Crippen LogP contribution in [-0.2, 0) is 6.42 Å². The molecule has 1 aromatic heterocycles. The van der Waals surface area contributed by atoms with E-state index in [-0.39, 0.29) is 17.2 Å². The number of carboxylic acids is 1. The average Bonchev–Trinajstić information content (AvgIpc) is 2.82. The topological polar surface area (TPSA) is 86.6 Å². The van der Waals surface area contributed by atoms with Crippen LogP contribution >= 0.6 is 11.3 Å². The van der Waals surface area contributed by atoms with Crippen molar-refractivity contribution in [3.8, 4) is 5.75 Å². The largest absolute Gasteiger partial charge is 0.507 e. The van der Waals surface area contributed by atoms with Gasteiger partial charge in [-0.25, -0.2) is 4.79 Å². The van der Waals surface area contributed by atoms with E-state index >= 15 is 0 Å². The number of hydrogen-bond donors (Lipinski definition) is 3. The first kappa shape index (κ1) is 15.1. The highest BCUT2D eigenvalue weighted by atomic mass is 32.1. The first-order valence-corrected chi connectivity index (χ1v) is 7.21. The molecular formula is C15H15NO4S. The van der Waals surface area contributed by atoms with Crippen molar-refractivity contribution in [3.05, 3.63) is 45.1 Å². The fraction of sp³-hybridized carbons (Fsp3) is 0.200. The number of amides is 1. The van der Waals surface area contributed by atoms with Crippen molar-refractivity contribution in [2.75, 3.05) is 5.32 Å². The number of carbonyl (C=O) groups excluding carboxylic acids is 1. The number of anilines is 1.